The summed E-state index contributed by atoms with van der Waals surface area (Å²) in [6, 6.07) is 4.67. The van der Waals surface area contributed by atoms with Crippen LogP contribution in [0.25, 0.3) is 9.40 Å². The Balaban J connectivity index is 1.81. The molecule has 2 aromatic heterocycles. The highest BCUT2D eigenvalue weighted by molar-refractivity contribution is 7.26. The monoisotopic (exact) mass is 265 g/mol. The lowest BCUT2D eigenvalue weighted by atomic mass is 10.1. The summed E-state index contributed by atoms with van der Waals surface area (Å²) in [4.78, 5) is 1.34. The average molecular weight is 265 g/mol. The average Bonchev–Trinajstić information content (AvgIpc) is 2.88. The molecule has 1 unspecified atom stereocenters. The van der Waals surface area contributed by atoms with E-state index >= 15 is 0 Å². The third-order valence-electron chi connectivity index (χ3n) is 2.95. The highest BCUT2D eigenvalue weighted by Gasteiger charge is 2.10. The first-order chi connectivity index (χ1) is 8.31. The van der Waals surface area contributed by atoms with Gasteiger partial charge in [-0.1, -0.05) is 18.9 Å². The third-order valence-corrected chi connectivity index (χ3v) is 5.17. The van der Waals surface area contributed by atoms with Gasteiger partial charge in [-0.25, -0.2) is 0 Å². The van der Waals surface area contributed by atoms with Crippen molar-refractivity contribution in [2.45, 2.75) is 38.1 Å². The summed E-state index contributed by atoms with van der Waals surface area (Å²) in [6.07, 6.45) is 7.96. The van der Waals surface area contributed by atoms with E-state index in [-0.39, 0.29) is 6.04 Å². The summed E-state index contributed by atoms with van der Waals surface area (Å²) in [6.45, 7) is 3.74. The van der Waals surface area contributed by atoms with Gasteiger partial charge in [0.05, 0.1) is 0 Å². The molecule has 1 nitrogen and oxygen atoms in total. The van der Waals surface area contributed by atoms with Crippen molar-refractivity contribution in [3.63, 3.8) is 0 Å². The zero-order valence-corrected chi connectivity index (χ0v) is 11.7. The van der Waals surface area contributed by atoms with Gasteiger partial charge in [-0.2, -0.15) is 0 Å². The van der Waals surface area contributed by atoms with Gasteiger partial charge in [-0.15, -0.1) is 29.3 Å². The van der Waals surface area contributed by atoms with Crippen molar-refractivity contribution in [3.05, 3.63) is 35.0 Å². The molecular weight excluding hydrogens is 246 g/mol. The fourth-order valence-electron chi connectivity index (χ4n) is 1.94. The van der Waals surface area contributed by atoms with Crippen LogP contribution in [0.3, 0.4) is 0 Å². The normalized spacial score (nSPS) is 13.0. The fourth-order valence-corrected chi connectivity index (χ4v) is 4.09. The van der Waals surface area contributed by atoms with Crippen molar-refractivity contribution in [2.75, 3.05) is 0 Å². The Labute approximate surface area is 111 Å². The molecule has 0 aliphatic carbocycles. The van der Waals surface area contributed by atoms with E-state index < -0.39 is 0 Å². The smallest absolute Gasteiger partial charge is 0.0454 e. The fraction of sp³-hybridized carbons (Fsp3) is 0.429. The van der Waals surface area contributed by atoms with Gasteiger partial charge < -0.3 is 5.73 Å². The first kappa shape index (κ1) is 12.8. The molecule has 0 saturated heterocycles. The summed E-state index contributed by atoms with van der Waals surface area (Å²) in [5.74, 6) is 0. The first-order valence-electron chi connectivity index (χ1n) is 6.14. The molecule has 0 aromatic carbocycles. The lowest BCUT2D eigenvalue weighted by Crippen LogP contribution is -2.07. The maximum absolute atomic E-state index is 6.23. The predicted octanol–water partition coefficient (Wildman–Crippen LogP) is 5.10. The van der Waals surface area contributed by atoms with E-state index in [1.807, 2.05) is 17.4 Å². The van der Waals surface area contributed by atoms with Gasteiger partial charge >= 0.3 is 0 Å². The van der Waals surface area contributed by atoms with Gasteiger partial charge in [0.2, 0.25) is 0 Å². The molecule has 0 bridgehead atoms. The van der Waals surface area contributed by atoms with Gasteiger partial charge in [0.25, 0.3) is 0 Å². The molecular formula is C14H19NS2. The highest BCUT2D eigenvalue weighted by atomic mass is 32.1. The van der Waals surface area contributed by atoms with E-state index in [0.29, 0.717) is 0 Å². The Morgan fingerprint density at radius 3 is 2.94 bits per heavy atom. The van der Waals surface area contributed by atoms with Crippen LogP contribution in [0.2, 0.25) is 0 Å². The van der Waals surface area contributed by atoms with Crippen LogP contribution < -0.4 is 5.73 Å². The number of thiophene rings is 2. The molecule has 0 radical (unpaired) electrons. The summed E-state index contributed by atoms with van der Waals surface area (Å²) in [5, 5.41) is 2.14. The second kappa shape index (κ2) is 6.34. The van der Waals surface area contributed by atoms with Crippen LogP contribution in [-0.4, -0.2) is 0 Å². The predicted molar refractivity (Wildman–Crippen MR) is 79.9 cm³/mol. The maximum atomic E-state index is 6.23. The molecule has 0 aliphatic rings. The summed E-state index contributed by atoms with van der Waals surface area (Å²) in [7, 11) is 0. The maximum Gasteiger partial charge on any atom is 0.0454 e. The molecule has 2 heterocycles. The number of hydrogen-bond acceptors (Lipinski definition) is 3. The summed E-state index contributed by atoms with van der Waals surface area (Å²) < 4.78 is 2.76. The van der Waals surface area contributed by atoms with E-state index in [4.69, 9.17) is 5.73 Å². The molecule has 0 spiro atoms. The van der Waals surface area contributed by atoms with Crippen LogP contribution in [-0.2, 0) is 0 Å². The zero-order chi connectivity index (χ0) is 12.1. The minimum Gasteiger partial charge on any atom is -0.323 e. The number of allylic oxidation sites excluding steroid dienone is 1. The van der Waals surface area contributed by atoms with Crippen LogP contribution in [0, 0.1) is 0 Å². The molecule has 0 amide bonds. The lowest BCUT2D eigenvalue weighted by molar-refractivity contribution is 0.578. The molecule has 17 heavy (non-hydrogen) atoms. The Kier molecular flexibility index (Phi) is 4.77. The Morgan fingerprint density at radius 1 is 1.29 bits per heavy atom. The number of fused-ring (bicyclic) bond motifs is 1. The summed E-state index contributed by atoms with van der Waals surface area (Å²) >= 11 is 3.65. The van der Waals surface area contributed by atoms with Crippen LogP contribution in [0.15, 0.2) is 30.2 Å². The van der Waals surface area contributed by atoms with Crippen molar-refractivity contribution in [3.8, 4) is 0 Å². The molecule has 0 saturated carbocycles. The van der Waals surface area contributed by atoms with Gasteiger partial charge in [-0.3, -0.25) is 0 Å². The Morgan fingerprint density at radius 2 is 2.18 bits per heavy atom. The number of hydrogen-bond donors (Lipinski definition) is 1. The van der Waals surface area contributed by atoms with E-state index in [9.17, 15) is 0 Å². The van der Waals surface area contributed by atoms with Crippen molar-refractivity contribution < 1.29 is 0 Å². The second-order valence-corrected chi connectivity index (χ2v) is 6.39. The molecule has 0 fully saturated rings. The van der Waals surface area contributed by atoms with Gasteiger partial charge in [-0.05, 0) is 36.8 Å². The first-order valence-corrected chi connectivity index (χ1v) is 7.84. The van der Waals surface area contributed by atoms with Crippen molar-refractivity contribution in [2.24, 2.45) is 5.73 Å². The minimum absolute atomic E-state index is 0.225. The second-order valence-electron chi connectivity index (χ2n) is 4.33. The van der Waals surface area contributed by atoms with Crippen LogP contribution >= 0.6 is 22.7 Å². The number of nitrogens with two attached hydrogens (primary N) is 1. The van der Waals surface area contributed by atoms with Gasteiger partial charge in [0, 0.05) is 20.3 Å². The largest absolute Gasteiger partial charge is 0.323 e. The third kappa shape index (κ3) is 3.41. The van der Waals surface area contributed by atoms with Crippen LogP contribution in [0.5, 0.6) is 0 Å². The molecule has 2 aromatic rings. The highest BCUT2D eigenvalue weighted by Crippen LogP contribution is 2.34. The van der Waals surface area contributed by atoms with E-state index in [0.717, 1.165) is 12.8 Å². The molecule has 2 rings (SSSR count). The van der Waals surface area contributed by atoms with Crippen molar-refractivity contribution >= 4 is 32.1 Å². The lowest BCUT2D eigenvalue weighted by Gasteiger charge is -2.08. The van der Waals surface area contributed by atoms with Gasteiger partial charge in [0.1, 0.15) is 0 Å². The topological polar surface area (TPSA) is 26.0 Å². The zero-order valence-electron chi connectivity index (χ0n) is 10.0. The number of rotatable bonds is 7. The van der Waals surface area contributed by atoms with Crippen molar-refractivity contribution in [1.29, 1.82) is 0 Å². The molecule has 3 heteroatoms. The van der Waals surface area contributed by atoms with Gasteiger partial charge in [0.15, 0.2) is 0 Å². The van der Waals surface area contributed by atoms with Crippen LogP contribution in [0.4, 0.5) is 0 Å². The van der Waals surface area contributed by atoms with E-state index in [1.54, 1.807) is 11.3 Å². The molecule has 1 atom stereocenters. The standard InChI is InChI=1S/C14H19NS2/c1-2-3-4-5-6-7-11(15)13-10-14-12(17-13)8-9-16-14/h2,8-11H,1,3-7,15H2. The quantitative estimate of drug-likeness (QED) is 0.547. The molecule has 92 valence electrons. The minimum atomic E-state index is 0.225. The Hall–Kier alpha value is -0.640. The number of unbranched alkanes of at least 4 members (excludes halogenated alkanes) is 3. The Bertz CT molecular complexity index is 441. The molecule has 0 aliphatic heterocycles. The van der Waals surface area contributed by atoms with Crippen molar-refractivity contribution in [1.82, 2.24) is 0 Å². The summed E-state index contributed by atoms with van der Waals surface area (Å²) in [5.41, 5.74) is 6.23. The van der Waals surface area contributed by atoms with E-state index in [2.05, 4.69) is 24.1 Å². The SMILES string of the molecule is C=CCCCCCC(N)c1cc2sccc2s1. The molecule has 2 N–H and O–H groups in total. The van der Waals surface area contributed by atoms with Crippen LogP contribution in [0.1, 0.15) is 43.0 Å². The van der Waals surface area contributed by atoms with E-state index in [1.165, 1.54) is 33.5 Å².